The van der Waals surface area contributed by atoms with Gasteiger partial charge < -0.3 is 10.2 Å². The lowest BCUT2D eigenvalue weighted by atomic mass is 9.84. The predicted octanol–water partition coefficient (Wildman–Crippen LogP) is 1.32. The first-order chi connectivity index (χ1) is 5.63. The van der Waals surface area contributed by atoms with E-state index in [2.05, 4.69) is 0 Å². The van der Waals surface area contributed by atoms with E-state index >= 15 is 0 Å². The molecule has 2 unspecified atom stereocenters. The second kappa shape index (κ2) is 5.01. The Morgan fingerprint density at radius 1 is 1.23 bits per heavy atom. The maximum atomic E-state index is 10.6. The lowest BCUT2D eigenvalue weighted by molar-refractivity contribution is -0.152. The van der Waals surface area contributed by atoms with Crippen LogP contribution in [0.5, 0.6) is 0 Å². The summed E-state index contributed by atoms with van der Waals surface area (Å²) in [6.45, 7) is 0. The molecule has 2 atom stereocenters. The van der Waals surface area contributed by atoms with E-state index < -0.39 is 23.8 Å². The van der Waals surface area contributed by atoms with Gasteiger partial charge in [0.1, 0.15) is 0 Å². The van der Waals surface area contributed by atoms with E-state index in [0.29, 0.717) is 12.8 Å². The third kappa shape index (κ3) is 2.84. The maximum absolute atomic E-state index is 10.6. The Morgan fingerprint density at radius 2 is 1.85 bits per heavy atom. The van der Waals surface area contributed by atoms with Crippen molar-refractivity contribution in [1.82, 2.24) is 0 Å². The summed E-state index contributed by atoms with van der Waals surface area (Å²) < 4.78 is 0. The van der Waals surface area contributed by atoms with Crippen LogP contribution in [0.15, 0.2) is 12.2 Å². The van der Waals surface area contributed by atoms with Gasteiger partial charge in [-0.05, 0) is 12.8 Å². The molecule has 0 radical (unpaired) electrons. The molecule has 0 spiro atoms. The summed E-state index contributed by atoms with van der Waals surface area (Å²) in [6.07, 6.45) is 4.26. The van der Waals surface area contributed by atoms with Gasteiger partial charge in [-0.25, -0.2) is 0 Å². The molecule has 0 saturated heterocycles. The maximum Gasteiger partial charge on any atom is 0.311 e. The molecule has 74 valence electrons. The summed E-state index contributed by atoms with van der Waals surface area (Å²) in [5.41, 5.74) is 0. The zero-order valence-electron chi connectivity index (χ0n) is 6.84. The molecule has 0 amide bonds. The SMILES string of the molecule is Br.O=C(O)C1C=CCCC1C(=O)O. The van der Waals surface area contributed by atoms with E-state index in [1.165, 1.54) is 6.08 Å². The average Bonchev–Trinajstić information content (AvgIpc) is 2.04. The number of aliphatic carboxylic acids is 2. The predicted molar refractivity (Wildman–Crippen MR) is 50.9 cm³/mol. The molecule has 0 aromatic heterocycles. The van der Waals surface area contributed by atoms with Crippen molar-refractivity contribution in [3.8, 4) is 0 Å². The van der Waals surface area contributed by atoms with Crippen LogP contribution >= 0.6 is 17.0 Å². The first-order valence-corrected chi connectivity index (χ1v) is 3.75. The topological polar surface area (TPSA) is 74.6 Å². The van der Waals surface area contributed by atoms with Crippen molar-refractivity contribution in [2.75, 3.05) is 0 Å². The summed E-state index contributed by atoms with van der Waals surface area (Å²) in [6, 6.07) is 0. The fourth-order valence-electron chi connectivity index (χ4n) is 1.36. The Kier molecular flexibility index (Phi) is 4.69. The highest BCUT2D eigenvalue weighted by atomic mass is 79.9. The van der Waals surface area contributed by atoms with Crippen molar-refractivity contribution in [1.29, 1.82) is 0 Å². The summed E-state index contributed by atoms with van der Waals surface area (Å²) in [4.78, 5) is 21.1. The number of hydrogen-bond acceptors (Lipinski definition) is 2. The Labute approximate surface area is 86.0 Å². The van der Waals surface area contributed by atoms with Crippen molar-refractivity contribution >= 4 is 28.9 Å². The largest absolute Gasteiger partial charge is 0.481 e. The molecule has 0 fully saturated rings. The van der Waals surface area contributed by atoms with E-state index in [1.54, 1.807) is 6.08 Å². The Balaban J connectivity index is 0.00000144. The average molecular weight is 251 g/mol. The fourth-order valence-corrected chi connectivity index (χ4v) is 1.36. The van der Waals surface area contributed by atoms with Crippen LogP contribution < -0.4 is 0 Å². The van der Waals surface area contributed by atoms with E-state index in [4.69, 9.17) is 10.2 Å². The van der Waals surface area contributed by atoms with Crippen LogP contribution in [-0.2, 0) is 9.59 Å². The molecule has 1 rings (SSSR count). The Bertz CT molecular complexity index is 236. The lowest BCUT2D eigenvalue weighted by Crippen LogP contribution is -2.30. The molecule has 0 bridgehead atoms. The molecular weight excluding hydrogens is 240 g/mol. The first-order valence-electron chi connectivity index (χ1n) is 3.75. The molecule has 2 N–H and O–H groups in total. The second-order valence-corrected chi connectivity index (χ2v) is 2.81. The third-order valence-electron chi connectivity index (χ3n) is 2.02. The molecule has 1 aliphatic carbocycles. The van der Waals surface area contributed by atoms with E-state index in [-0.39, 0.29) is 17.0 Å². The molecule has 4 nitrogen and oxygen atoms in total. The van der Waals surface area contributed by atoms with Crippen LogP contribution in [0.4, 0.5) is 0 Å². The van der Waals surface area contributed by atoms with Crippen LogP contribution in [0.25, 0.3) is 0 Å². The molecule has 13 heavy (non-hydrogen) atoms. The number of allylic oxidation sites excluding steroid dienone is 1. The first kappa shape index (κ1) is 12.2. The van der Waals surface area contributed by atoms with Gasteiger partial charge in [0.15, 0.2) is 0 Å². The standard InChI is InChI=1S/C8H10O4.BrH/c9-7(10)5-3-1-2-4-6(5)8(11)12;/h1,3,5-6H,2,4H2,(H,9,10)(H,11,12);1H. The van der Waals surface area contributed by atoms with Crippen molar-refractivity contribution < 1.29 is 19.8 Å². The van der Waals surface area contributed by atoms with Gasteiger partial charge in [0.25, 0.3) is 0 Å². The van der Waals surface area contributed by atoms with Crippen molar-refractivity contribution in [3.63, 3.8) is 0 Å². The highest BCUT2D eigenvalue weighted by molar-refractivity contribution is 8.93. The van der Waals surface area contributed by atoms with Crippen LogP contribution in [-0.4, -0.2) is 22.2 Å². The van der Waals surface area contributed by atoms with Gasteiger partial charge in [0, 0.05) is 0 Å². The quantitative estimate of drug-likeness (QED) is 0.725. The third-order valence-corrected chi connectivity index (χ3v) is 2.02. The molecule has 0 aliphatic heterocycles. The molecular formula is C8H11BrO4. The zero-order valence-corrected chi connectivity index (χ0v) is 8.56. The number of hydrogen-bond donors (Lipinski definition) is 2. The van der Waals surface area contributed by atoms with Crippen LogP contribution in [0, 0.1) is 11.8 Å². The number of rotatable bonds is 2. The summed E-state index contributed by atoms with van der Waals surface area (Å²) >= 11 is 0. The number of carboxylic acids is 2. The van der Waals surface area contributed by atoms with Crippen LogP contribution in [0.2, 0.25) is 0 Å². The van der Waals surface area contributed by atoms with E-state index in [1.807, 2.05) is 0 Å². The van der Waals surface area contributed by atoms with Gasteiger partial charge in [-0.3, -0.25) is 9.59 Å². The highest BCUT2D eigenvalue weighted by Crippen LogP contribution is 2.24. The van der Waals surface area contributed by atoms with Gasteiger partial charge in [-0.1, -0.05) is 12.2 Å². The molecule has 0 aromatic rings. The summed E-state index contributed by atoms with van der Waals surface area (Å²) in [5, 5.41) is 17.3. The molecule has 0 saturated carbocycles. The van der Waals surface area contributed by atoms with Gasteiger partial charge in [0.2, 0.25) is 0 Å². The van der Waals surface area contributed by atoms with Gasteiger partial charge >= 0.3 is 11.9 Å². The highest BCUT2D eigenvalue weighted by Gasteiger charge is 2.32. The Morgan fingerprint density at radius 3 is 2.23 bits per heavy atom. The van der Waals surface area contributed by atoms with Crippen molar-refractivity contribution in [3.05, 3.63) is 12.2 Å². The minimum absolute atomic E-state index is 0. The van der Waals surface area contributed by atoms with Crippen molar-refractivity contribution in [2.45, 2.75) is 12.8 Å². The van der Waals surface area contributed by atoms with Gasteiger partial charge in [-0.15, -0.1) is 17.0 Å². The number of halogens is 1. The van der Waals surface area contributed by atoms with Crippen molar-refractivity contribution in [2.24, 2.45) is 11.8 Å². The Hall–Kier alpha value is -0.840. The number of carbonyl (C=O) groups is 2. The molecule has 0 aromatic carbocycles. The second-order valence-electron chi connectivity index (χ2n) is 2.81. The van der Waals surface area contributed by atoms with Gasteiger partial charge in [0.05, 0.1) is 11.8 Å². The lowest BCUT2D eigenvalue weighted by Gasteiger charge is -2.19. The molecule has 1 aliphatic rings. The van der Waals surface area contributed by atoms with E-state index in [9.17, 15) is 9.59 Å². The minimum atomic E-state index is -1.06. The normalized spacial score (nSPS) is 26.2. The number of carboxylic acid groups (broad SMARTS) is 2. The summed E-state index contributed by atoms with van der Waals surface area (Å²) in [5.74, 6) is -3.69. The minimum Gasteiger partial charge on any atom is -0.481 e. The van der Waals surface area contributed by atoms with E-state index in [0.717, 1.165) is 0 Å². The monoisotopic (exact) mass is 250 g/mol. The van der Waals surface area contributed by atoms with Gasteiger partial charge in [-0.2, -0.15) is 0 Å². The fraction of sp³-hybridized carbons (Fsp3) is 0.500. The van der Waals surface area contributed by atoms with Crippen LogP contribution in [0.3, 0.4) is 0 Å². The zero-order chi connectivity index (χ0) is 9.14. The summed E-state index contributed by atoms with van der Waals surface area (Å²) in [7, 11) is 0. The smallest absolute Gasteiger partial charge is 0.311 e. The molecule has 0 heterocycles. The van der Waals surface area contributed by atoms with Crippen LogP contribution in [0.1, 0.15) is 12.8 Å². The molecule has 5 heteroatoms.